The third kappa shape index (κ3) is 3.16. The molecule has 66 valence electrons. The first-order chi connectivity index (χ1) is 5.33. The number of hydrazine groups is 1. The zero-order valence-corrected chi connectivity index (χ0v) is 7.12. The maximum atomic E-state index is 5.60. The van der Waals surface area contributed by atoms with E-state index in [0.717, 1.165) is 39.3 Å². The summed E-state index contributed by atoms with van der Waals surface area (Å²) in [5.74, 6) is 5.60. The lowest BCUT2D eigenvalue weighted by Crippen LogP contribution is -2.49. The van der Waals surface area contributed by atoms with Gasteiger partial charge < -0.3 is 4.74 Å². The lowest BCUT2D eigenvalue weighted by molar-refractivity contribution is 0.0974. The van der Waals surface area contributed by atoms with Gasteiger partial charge in [0.25, 0.3) is 0 Å². The van der Waals surface area contributed by atoms with Crippen LogP contribution in [-0.4, -0.2) is 56.3 Å². The maximum absolute atomic E-state index is 5.60. The second-order valence-electron chi connectivity index (χ2n) is 2.87. The minimum atomic E-state index is 0.824. The molecule has 0 spiro atoms. The van der Waals surface area contributed by atoms with Crippen molar-refractivity contribution < 1.29 is 4.74 Å². The van der Waals surface area contributed by atoms with Crippen molar-refractivity contribution in [2.75, 3.05) is 46.4 Å². The predicted octanol–water partition coefficient (Wildman–Crippen LogP) is -0.876. The highest BCUT2D eigenvalue weighted by atomic mass is 16.5. The molecule has 4 heteroatoms. The van der Waals surface area contributed by atoms with Gasteiger partial charge in [0.1, 0.15) is 0 Å². The SMILES string of the molecule is COCCN1CCN(N)CC1. The van der Waals surface area contributed by atoms with Crippen LogP contribution in [-0.2, 0) is 4.74 Å². The highest BCUT2D eigenvalue weighted by Crippen LogP contribution is 1.95. The Morgan fingerprint density at radius 1 is 1.27 bits per heavy atom. The van der Waals surface area contributed by atoms with E-state index in [1.54, 1.807) is 7.11 Å². The number of rotatable bonds is 3. The van der Waals surface area contributed by atoms with E-state index in [2.05, 4.69) is 4.90 Å². The largest absolute Gasteiger partial charge is 0.383 e. The summed E-state index contributed by atoms with van der Waals surface area (Å²) in [6, 6.07) is 0. The van der Waals surface area contributed by atoms with Crippen molar-refractivity contribution in [3.05, 3.63) is 0 Å². The number of nitrogens with zero attached hydrogens (tertiary/aromatic N) is 2. The molecule has 0 aromatic heterocycles. The lowest BCUT2D eigenvalue weighted by atomic mass is 10.3. The summed E-state index contributed by atoms with van der Waals surface area (Å²) >= 11 is 0. The molecule has 0 unspecified atom stereocenters. The molecule has 0 radical (unpaired) electrons. The first-order valence-electron chi connectivity index (χ1n) is 4.04. The normalized spacial score (nSPS) is 22.4. The van der Waals surface area contributed by atoms with Gasteiger partial charge in [-0.2, -0.15) is 0 Å². The number of nitrogens with two attached hydrogens (primary N) is 1. The van der Waals surface area contributed by atoms with E-state index >= 15 is 0 Å². The molecule has 0 amide bonds. The fourth-order valence-corrected chi connectivity index (χ4v) is 1.21. The molecule has 1 saturated heterocycles. The van der Waals surface area contributed by atoms with E-state index in [1.807, 2.05) is 5.01 Å². The van der Waals surface area contributed by atoms with Crippen molar-refractivity contribution in [3.8, 4) is 0 Å². The zero-order chi connectivity index (χ0) is 8.10. The Hall–Kier alpha value is -0.160. The third-order valence-corrected chi connectivity index (χ3v) is 2.02. The highest BCUT2D eigenvalue weighted by molar-refractivity contribution is 4.67. The lowest BCUT2D eigenvalue weighted by Gasteiger charge is -2.31. The number of piperazine rings is 1. The monoisotopic (exact) mass is 159 g/mol. The zero-order valence-electron chi connectivity index (χ0n) is 7.12. The third-order valence-electron chi connectivity index (χ3n) is 2.02. The summed E-state index contributed by atoms with van der Waals surface area (Å²) in [7, 11) is 1.74. The van der Waals surface area contributed by atoms with Gasteiger partial charge in [0.05, 0.1) is 6.61 Å². The van der Waals surface area contributed by atoms with Crippen LogP contribution in [0.1, 0.15) is 0 Å². The summed E-state index contributed by atoms with van der Waals surface area (Å²) in [4.78, 5) is 2.37. The summed E-state index contributed by atoms with van der Waals surface area (Å²) in [5, 5.41) is 1.86. The Bertz CT molecular complexity index is 99.1. The topological polar surface area (TPSA) is 41.7 Å². The molecule has 1 aliphatic heterocycles. The van der Waals surface area contributed by atoms with Crippen LogP contribution in [0.5, 0.6) is 0 Å². The van der Waals surface area contributed by atoms with Gasteiger partial charge in [0.15, 0.2) is 0 Å². The van der Waals surface area contributed by atoms with Gasteiger partial charge in [-0.05, 0) is 0 Å². The van der Waals surface area contributed by atoms with E-state index in [0.29, 0.717) is 0 Å². The maximum Gasteiger partial charge on any atom is 0.0589 e. The van der Waals surface area contributed by atoms with Crippen LogP contribution >= 0.6 is 0 Å². The first kappa shape index (κ1) is 8.93. The van der Waals surface area contributed by atoms with Gasteiger partial charge in [-0.1, -0.05) is 0 Å². The van der Waals surface area contributed by atoms with Crippen molar-refractivity contribution >= 4 is 0 Å². The van der Waals surface area contributed by atoms with Crippen molar-refractivity contribution in [2.45, 2.75) is 0 Å². The van der Waals surface area contributed by atoms with Crippen LogP contribution in [0, 0.1) is 0 Å². The second kappa shape index (κ2) is 4.66. The van der Waals surface area contributed by atoms with Gasteiger partial charge in [0, 0.05) is 39.8 Å². The van der Waals surface area contributed by atoms with Crippen molar-refractivity contribution in [1.82, 2.24) is 9.91 Å². The average Bonchev–Trinajstić information content (AvgIpc) is 2.04. The van der Waals surface area contributed by atoms with Crippen LogP contribution in [0.25, 0.3) is 0 Å². The number of ether oxygens (including phenoxy) is 1. The molecule has 1 heterocycles. The molecule has 0 aromatic rings. The summed E-state index contributed by atoms with van der Waals surface area (Å²) in [6.45, 7) is 5.95. The van der Waals surface area contributed by atoms with E-state index in [4.69, 9.17) is 10.6 Å². The molecule has 0 aliphatic carbocycles. The fraction of sp³-hybridized carbons (Fsp3) is 1.00. The summed E-state index contributed by atoms with van der Waals surface area (Å²) < 4.78 is 4.98. The first-order valence-corrected chi connectivity index (χ1v) is 4.04. The molecular formula is C7H17N3O. The molecule has 0 bridgehead atoms. The molecular weight excluding hydrogens is 142 g/mol. The Balaban J connectivity index is 2.07. The van der Waals surface area contributed by atoms with E-state index in [-0.39, 0.29) is 0 Å². The Labute approximate surface area is 67.9 Å². The minimum Gasteiger partial charge on any atom is -0.383 e. The number of methoxy groups -OCH3 is 1. The molecule has 0 saturated carbocycles. The Morgan fingerprint density at radius 3 is 2.45 bits per heavy atom. The van der Waals surface area contributed by atoms with E-state index in [1.165, 1.54) is 0 Å². The molecule has 2 N–H and O–H groups in total. The van der Waals surface area contributed by atoms with Crippen LogP contribution in [0.15, 0.2) is 0 Å². The molecule has 1 aliphatic rings. The van der Waals surface area contributed by atoms with Crippen LogP contribution in [0.3, 0.4) is 0 Å². The molecule has 0 atom stereocenters. The van der Waals surface area contributed by atoms with Gasteiger partial charge in [0.2, 0.25) is 0 Å². The smallest absolute Gasteiger partial charge is 0.0589 e. The molecule has 1 rings (SSSR count). The number of hydrogen-bond acceptors (Lipinski definition) is 4. The molecule has 11 heavy (non-hydrogen) atoms. The van der Waals surface area contributed by atoms with Gasteiger partial charge >= 0.3 is 0 Å². The quantitative estimate of drug-likeness (QED) is 0.543. The fourth-order valence-electron chi connectivity index (χ4n) is 1.21. The van der Waals surface area contributed by atoms with Crippen molar-refractivity contribution in [2.24, 2.45) is 5.84 Å². The van der Waals surface area contributed by atoms with Gasteiger partial charge in [-0.15, -0.1) is 0 Å². The van der Waals surface area contributed by atoms with Crippen molar-refractivity contribution in [1.29, 1.82) is 0 Å². The summed E-state index contributed by atoms with van der Waals surface area (Å²) in [5.41, 5.74) is 0. The van der Waals surface area contributed by atoms with Crippen LogP contribution in [0.2, 0.25) is 0 Å². The van der Waals surface area contributed by atoms with Crippen molar-refractivity contribution in [3.63, 3.8) is 0 Å². The van der Waals surface area contributed by atoms with Crippen LogP contribution < -0.4 is 5.84 Å². The van der Waals surface area contributed by atoms with Gasteiger partial charge in [-0.25, -0.2) is 5.01 Å². The Morgan fingerprint density at radius 2 is 1.91 bits per heavy atom. The molecule has 0 aromatic carbocycles. The second-order valence-corrected chi connectivity index (χ2v) is 2.87. The average molecular weight is 159 g/mol. The van der Waals surface area contributed by atoms with Gasteiger partial charge in [-0.3, -0.25) is 10.7 Å². The van der Waals surface area contributed by atoms with E-state index < -0.39 is 0 Å². The van der Waals surface area contributed by atoms with Crippen LogP contribution in [0.4, 0.5) is 0 Å². The molecule has 1 fully saturated rings. The predicted molar refractivity (Wildman–Crippen MR) is 44.1 cm³/mol. The molecule has 4 nitrogen and oxygen atoms in total. The highest BCUT2D eigenvalue weighted by Gasteiger charge is 2.12. The number of hydrogen-bond donors (Lipinski definition) is 1. The minimum absolute atomic E-state index is 0.824. The summed E-state index contributed by atoms with van der Waals surface area (Å²) in [6.07, 6.45) is 0. The standard InChI is InChI=1S/C7H17N3O/c1-11-7-6-9-2-4-10(8)5-3-9/h2-8H2,1H3. The Kier molecular flexibility index (Phi) is 3.79. The van der Waals surface area contributed by atoms with E-state index in [9.17, 15) is 0 Å².